The Morgan fingerprint density at radius 3 is 2.65 bits per heavy atom. The number of aryl methyl sites for hydroxylation is 2. The third kappa shape index (κ3) is 3.65. The SMILES string of the molecule is Cc1ccc(Nc2cc(C(=O)N3CCOCC3)ncn2)cc1C. The molecule has 1 aliphatic rings. The maximum atomic E-state index is 12.5. The Bertz CT molecular complexity index is 711. The third-order valence-electron chi connectivity index (χ3n) is 3.96. The van der Waals surface area contributed by atoms with Crippen LogP contribution in [0.15, 0.2) is 30.6 Å². The van der Waals surface area contributed by atoms with Crippen LogP contribution in [-0.4, -0.2) is 47.1 Å². The van der Waals surface area contributed by atoms with Gasteiger partial charge in [0, 0.05) is 24.8 Å². The van der Waals surface area contributed by atoms with Crippen LogP contribution in [0, 0.1) is 13.8 Å². The lowest BCUT2D eigenvalue weighted by molar-refractivity contribution is 0.0299. The number of amides is 1. The van der Waals surface area contributed by atoms with Crippen molar-refractivity contribution in [2.24, 2.45) is 0 Å². The summed E-state index contributed by atoms with van der Waals surface area (Å²) in [5.74, 6) is 0.527. The summed E-state index contributed by atoms with van der Waals surface area (Å²) in [6.45, 7) is 6.48. The number of nitrogens with zero attached hydrogens (tertiary/aromatic N) is 3. The lowest BCUT2D eigenvalue weighted by Crippen LogP contribution is -2.41. The van der Waals surface area contributed by atoms with Gasteiger partial charge >= 0.3 is 0 Å². The van der Waals surface area contributed by atoms with Gasteiger partial charge in [0.1, 0.15) is 17.8 Å². The molecule has 23 heavy (non-hydrogen) atoms. The maximum absolute atomic E-state index is 12.5. The van der Waals surface area contributed by atoms with Crippen molar-refractivity contribution in [2.45, 2.75) is 13.8 Å². The molecule has 1 N–H and O–H groups in total. The molecule has 0 aliphatic carbocycles. The number of hydrogen-bond acceptors (Lipinski definition) is 5. The molecule has 0 spiro atoms. The van der Waals surface area contributed by atoms with Crippen LogP contribution < -0.4 is 5.32 Å². The van der Waals surface area contributed by atoms with E-state index in [0.29, 0.717) is 37.8 Å². The number of nitrogens with one attached hydrogen (secondary N) is 1. The number of morpholine rings is 1. The number of aromatic nitrogens is 2. The van der Waals surface area contributed by atoms with E-state index in [-0.39, 0.29) is 5.91 Å². The molecule has 2 heterocycles. The van der Waals surface area contributed by atoms with E-state index in [1.807, 2.05) is 6.07 Å². The lowest BCUT2D eigenvalue weighted by Gasteiger charge is -2.26. The van der Waals surface area contributed by atoms with E-state index in [1.54, 1.807) is 11.0 Å². The summed E-state index contributed by atoms with van der Waals surface area (Å²) in [5, 5.41) is 3.22. The van der Waals surface area contributed by atoms with Gasteiger partial charge in [-0.25, -0.2) is 9.97 Å². The van der Waals surface area contributed by atoms with Gasteiger partial charge in [-0.15, -0.1) is 0 Å². The van der Waals surface area contributed by atoms with Gasteiger partial charge in [-0.2, -0.15) is 0 Å². The van der Waals surface area contributed by atoms with Crippen molar-refractivity contribution in [3.63, 3.8) is 0 Å². The molecule has 0 unspecified atom stereocenters. The van der Waals surface area contributed by atoms with Gasteiger partial charge in [-0.05, 0) is 37.1 Å². The highest BCUT2D eigenvalue weighted by molar-refractivity contribution is 5.93. The molecule has 120 valence electrons. The molecular weight excluding hydrogens is 292 g/mol. The maximum Gasteiger partial charge on any atom is 0.272 e. The first-order valence-corrected chi connectivity index (χ1v) is 7.67. The number of anilines is 2. The second kappa shape index (κ2) is 6.75. The first-order chi connectivity index (χ1) is 11.1. The highest BCUT2D eigenvalue weighted by atomic mass is 16.5. The topological polar surface area (TPSA) is 67.4 Å². The number of benzene rings is 1. The van der Waals surface area contributed by atoms with Crippen LogP contribution in [-0.2, 0) is 4.74 Å². The smallest absolute Gasteiger partial charge is 0.272 e. The molecule has 1 aromatic heterocycles. The molecule has 1 saturated heterocycles. The molecule has 1 fully saturated rings. The number of rotatable bonds is 3. The number of ether oxygens (including phenoxy) is 1. The second-order valence-corrected chi connectivity index (χ2v) is 5.62. The first-order valence-electron chi connectivity index (χ1n) is 7.67. The van der Waals surface area contributed by atoms with Gasteiger partial charge in [-0.1, -0.05) is 6.07 Å². The van der Waals surface area contributed by atoms with E-state index in [1.165, 1.54) is 17.5 Å². The number of carbonyl (C=O) groups excluding carboxylic acids is 1. The zero-order valence-corrected chi connectivity index (χ0v) is 13.4. The average Bonchev–Trinajstić information content (AvgIpc) is 2.58. The average molecular weight is 312 g/mol. The predicted octanol–water partition coefficient (Wildman–Crippen LogP) is 2.31. The molecule has 0 saturated carbocycles. The van der Waals surface area contributed by atoms with Gasteiger partial charge in [0.15, 0.2) is 0 Å². The monoisotopic (exact) mass is 312 g/mol. The van der Waals surface area contributed by atoms with Crippen LogP contribution in [0.5, 0.6) is 0 Å². The normalized spacial score (nSPS) is 14.6. The Hall–Kier alpha value is -2.47. The van der Waals surface area contributed by atoms with E-state index < -0.39 is 0 Å². The molecule has 1 aromatic carbocycles. The molecule has 1 aliphatic heterocycles. The fourth-order valence-corrected chi connectivity index (χ4v) is 2.44. The highest BCUT2D eigenvalue weighted by Crippen LogP contribution is 2.18. The Morgan fingerprint density at radius 1 is 1.13 bits per heavy atom. The largest absolute Gasteiger partial charge is 0.378 e. The molecular formula is C17H20N4O2. The van der Waals surface area contributed by atoms with Crippen molar-refractivity contribution in [2.75, 3.05) is 31.6 Å². The van der Waals surface area contributed by atoms with Crippen LogP contribution in [0.2, 0.25) is 0 Å². The van der Waals surface area contributed by atoms with E-state index in [2.05, 4.69) is 41.3 Å². The Labute approximate surface area is 135 Å². The van der Waals surface area contributed by atoms with E-state index in [4.69, 9.17) is 4.74 Å². The van der Waals surface area contributed by atoms with Gasteiger partial charge in [0.05, 0.1) is 13.2 Å². The van der Waals surface area contributed by atoms with Gasteiger partial charge in [-0.3, -0.25) is 4.79 Å². The van der Waals surface area contributed by atoms with Gasteiger partial charge in [0.2, 0.25) is 0 Å². The molecule has 0 bridgehead atoms. The van der Waals surface area contributed by atoms with Gasteiger partial charge < -0.3 is 15.0 Å². The van der Waals surface area contributed by atoms with E-state index >= 15 is 0 Å². The summed E-state index contributed by atoms with van der Waals surface area (Å²) in [5.41, 5.74) is 3.78. The standard InChI is InChI=1S/C17H20N4O2/c1-12-3-4-14(9-13(12)2)20-16-10-15(18-11-19-16)17(22)21-5-7-23-8-6-21/h3-4,9-11H,5-8H2,1-2H3,(H,18,19,20). The van der Waals surface area contributed by atoms with Crippen LogP contribution in [0.3, 0.4) is 0 Å². The van der Waals surface area contributed by atoms with E-state index in [0.717, 1.165) is 5.69 Å². The minimum atomic E-state index is -0.0844. The summed E-state index contributed by atoms with van der Waals surface area (Å²) >= 11 is 0. The van der Waals surface area contributed by atoms with Crippen molar-refractivity contribution >= 4 is 17.4 Å². The molecule has 6 heteroatoms. The van der Waals surface area contributed by atoms with Crippen LogP contribution in [0.4, 0.5) is 11.5 Å². The van der Waals surface area contributed by atoms with Crippen molar-refractivity contribution < 1.29 is 9.53 Å². The summed E-state index contributed by atoms with van der Waals surface area (Å²) in [7, 11) is 0. The summed E-state index contributed by atoms with van der Waals surface area (Å²) in [4.78, 5) is 22.5. The molecule has 1 amide bonds. The third-order valence-corrected chi connectivity index (χ3v) is 3.96. The number of carbonyl (C=O) groups is 1. The van der Waals surface area contributed by atoms with Crippen LogP contribution in [0.25, 0.3) is 0 Å². The predicted molar refractivity (Wildman–Crippen MR) is 88.0 cm³/mol. The fraction of sp³-hybridized carbons (Fsp3) is 0.353. The Morgan fingerprint density at radius 2 is 1.91 bits per heavy atom. The minimum absolute atomic E-state index is 0.0844. The van der Waals surface area contributed by atoms with Crippen molar-refractivity contribution in [3.05, 3.63) is 47.4 Å². The summed E-state index contributed by atoms with van der Waals surface area (Å²) < 4.78 is 5.27. The van der Waals surface area contributed by atoms with Crippen LogP contribution in [0.1, 0.15) is 21.6 Å². The van der Waals surface area contributed by atoms with Gasteiger partial charge in [0.25, 0.3) is 5.91 Å². The van der Waals surface area contributed by atoms with Crippen molar-refractivity contribution in [1.29, 1.82) is 0 Å². The summed E-state index contributed by atoms with van der Waals surface area (Å²) in [6.07, 6.45) is 1.41. The minimum Gasteiger partial charge on any atom is -0.378 e. The Balaban J connectivity index is 1.76. The molecule has 0 radical (unpaired) electrons. The van der Waals surface area contributed by atoms with E-state index in [9.17, 15) is 4.79 Å². The fourth-order valence-electron chi connectivity index (χ4n) is 2.44. The quantitative estimate of drug-likeness (QED) is 0.942. The second-order valence-electron chi connectivity index (χ2n) is 5.62. The molecule has 2 aromatic rings. The molecule has 6 nitrogen and oxygen atoms in total. The van der Waals surface area contributed by atoms with Crippen molar-refractivity contribution in [1.82, 2.24) is 14.9 Å². The lowest BCUT2D eigenvalue weighted by atomic mass is 10.1. The molecule has 3 rings (SSSR count). The summed E-state index contributed by atoms with van der Waals surface area (Å²) in [6, 6.07) is 7.79. The first kappa shape index (κ1) is 15.4. The zero-order chi connectivity index (χ0) is 16.2. The number of hydrogen-bond donors (Lipinski definition) is 1. The van der Waals surface area contributed by atoms with Crippen LogP contribution >= 0.6 is 0 Å². The Kier molecular flexibility index (Phi) is 4.52. The molecule has 0 atom stereocenters. The zero-order valence-electron chi connectivity index (χ0n) is 13.4. The van der Waals surface area contributed by atoms with Crippen molar-refractivity contribution in [3.8, 4) is 0 Å². The highest BCUT2D eigenvalue weighted by Gasteiger charge is 2.20.